The van der Waals surface area contributed by atoms with Crippen molar-refractivity contribution in [1.29, 1.82) is 0 Å². The average Bonchev–Trinajstić information content (AvgIpc) is 2.52. The standard InChI is InChI=1S/C16H21N3OS/c1-3-10-17-14-11-16(19-15(18-14)12-20-4-2)21-13-8-6-5-7-9-13/h5-9,11H,3-4,10,12H2,1-2H3,(H,17,18,19). The maximum absolute atomic E-state index is 5.42. The van der Waals surface area contributed by atoms with Gasteiger partial charge in [-0.15, -0.1) is 0 Å². The Hall–Kier alpha value is -1.59. The third kappa shape index (κ3) is 5.36. The molecule has 0 atom stereocenters. The van der Waals surface area contributed by atoms with Gasteiger partial charge in [-0.2, -0.15) is 0 Å². The minimum absolute atomic E-state index is 0.445. The van der Waals surface area contributed by atoms with Crippen LogP contribution in [0.1, 0.15) is 26.1 Å². The summed E-state index contributed by atoms with van der Waals surface area (Å²) in [5.41, 5.74) is 0. The van der Waals surface area contributed by atoms with E-state index in [0.717, 1.165) is 29.6 Å². The van der Waals surface area contributed by atoms with E-state index >= 15 is 0 Å². The van der Waals surface area contributed by atoms with Gasteiger partial charge in [0.05, 0.1) is 0 Å². The Bertz CT molecular complexity index is 522. The Labute approximate surface area is 130 Å². The summed E-state index contributed by atoms with van der Waals surface area (Å²) < 4.78 is 5.42. The number of hydrogen-bond donors (Lipinski definition) is 1. The van der Waals surface area contributed by atoms with Gasteiger partial charge in [0.25, 0.3) is 0 Å². The molecule has 0 bridgehead atoms. The minimum Gasteiger partial charge on any atom is -0.374 e. The second-order valence-corrected chi connectivity index (χ2v) is 5.58. The molecule has 21 heavy (non-hydrogen) atoms. The van der Waals surface area contributed by atoms with Crippen LogP contribution in [0, 0.1) is 0 Å². The molecule has 0 aliphatic rings. The van der Waals surface area contributed by atoms with Crippen molar-refractivity contribution < 1.29 is 4.74 Å². The van der Waals surface area contributed by atoms with Crippen LogP contribution in [0.3, 0.4) is 0 Å². The van der Waals surface area contributed by atoms with Crippen LogP contribution in [-0.2, 0) is 11.3 Å². The summed E-state index contributed by atoms with van der Waals surface area (Å²) in [6.07, 6.45) is 1.06. The number of nitrogens with zero attached hydrogens (tertiary/aromatic N) is 2. The third-order valence-corrected chi connectivity index (χ3v) is 3.63. The Morgan fingerprint density at radius 1 is 1.14 bits per heavy atom. The molecule has 2 aromatic rings. The first-order chi connectivity index (χ1) is 10.3. The molecule has 1 aromatic carbocycles. The van der Waals surface area contributed by atoms with Gasteiger partial charge in [0.2, 0.25) is 0 Å². The van der Waals surface area contributed by atoms with Crippen LogP contribution in [0.25, 0.3) is 0 Å². The van der Waals surface area contributed by atoms with Crippen LogP contribution in [0.15, 0.2) is 46.3 Å². The Balaban J connectivity index is 2.17. The number of ether oxygens (including phenoxy) is 1. The largest absolute Gasteiger partial charge is 0.374 e. The lowest BCUT2D eigenvalue weighted by Gasteiger charge is -2.09. The maximum Gasteiger partial charge on any atom is 0.157 e. The molecule has 1 heterocycles. The van der Waals surface area contributed by atoms with Gasteiger partial charge in [0.1, 0.15) is 17.5 Å². The van der Waals surface area contributed by atoms with Crippen LogP contribution in [0.5, 0.6) is 0 Å². The van der Waals surface area contributed by atoms with Gasteiger partial charge in [-0.1, -0.05) is 36.9 Å². The van der Waals surface area contributed by atoms with E-state index in [2.05, 4.69) is 34.3 Å². The highest BCUT2D eigenvalue weighted by Gasteiger charge is 2.06. The molecule has 0 unspecified atom stereocenters. The summed E-state index contributed by atoms with van der Waals surface area (Å²) in [7, 11) is 0. The van der Waals surface area contributed by atoms with E-state index in [1.807, 2.05) is 31.2 Å². The summed E-state index contributed by atoms with van der Waals surface area (Å²) in [5, 5.41) is 4.25. The first-order valence-corrected chi connectivity index (χ1v) is 8.06. The fourth-order valence-electron chi connectivity index (χ4n) is 1.74. The molecule has 1 aromatic heterocycles. The minimum atomic E-state index is 0.445. The number of nitrogens with one attached hydrogen (secondary N) is 1. The van der Waals surface area contributed by atoms with Crippen molar-refractivity contribution in [3.05, 3.63) is 42.2 Å². The number of rotatable bonds is 8. The second-order valence-electron chi connectivity index (χ2n) is 4.49. The molecule has 0 amide bonds. The fraction of sp³-hybridized carbons (Fsp3) is 0.375. The van der Waals surface area contributed by atoms with Gasteiger partial charge >= 0.3 is 0 Å². The SMILES string of the molecule is CCCNc1cc(Sc2ccccc2)nc(COCC)n1. The molecular weight excluding hydrogens is 282 g/mol. The van der Waals surface area contributed by atoms with Crippen LogP contribution in [-0.4, -0.2) is 23.1 Å². The van der Waals surface area contributed by atoms with Crippen molar-refractivity contribution in [2.24, 2.45) is 0 Å². The molecule has 5 heteroatoms. The van der Waals surface area contributed by atoms with Gasteiger partial charge in [-0.25, -0.2) is 9.97 Å². The average molecular weight is 303 g/mol. The predicted molar refractivity (Wildman–Crippen MR) is 86.7 cm³/mol. The van der Waals surface area contributed by atoms with Gasteiger partial charge < -0.3 is 10.1 Å². The first-order valence-electron chi connectivity index (χ1n) is 7.24. The molecule has 0 spiro atoms. The second kappa shape index (κ2) is 8.64. The topological polar surface area (TPSA) is 47.0 Å². The molecule has 0 aliphatic heterocycles. The highest BCUT2D eigenvalue weighted by molar-refractivity contribution is 7.99. The monoisotopic (exact) mass is 303 g/mol. The molecule has 0 radical (unpaired) electrons. The van der Waals surface area contributed by atoms with E-state index in [1.165, 1.54) is 4.90 Å². The van der Waals surface area contributed by atoms with Crippen molar-refractivity contribution in [3.63, 3.8) is 0 Å². The first kappa shape index (κ1) is 15.8. The van der Waals surface area contributed by atoms with Crippen molar-refractivity contribution in [3.8, 4) is 0 Å². The lowest BCUT2D eigenvalue weighted by molar-refractivity contribution is 0.128. The molecule has 0 aliphatic carbocycles. The quantitative estimate of drug-likeness (QED) is 0.747. The highest BCUT2D eigenvalue weighted by atomic mass is 32.2. The molecular formula is C16H21N3OS. The lowest BCUT2D eigenvalue weighted by atomic mass is 10.4. The van der Waals surface area contributed by atoms with E-state index in [9.17, 15) is 0 Å². The van der Waals surface area contributed by atoms with Crippen molar-refractivity contribution in [2.45, 2.75) is 36.8 Å². The van der Waals surface area contributed by atoms with Gasteiger partial charge in [0.15, 0.2) is 5.82 Å². The number of benzene rings is 1. The van der Waals surface area contributed by atoms with Gasteiger partial charge in [-0.3, -0.25) is 0 Å². The Kier molecular flexibility index (Phi) is 6.50. The van der Waals surface area contributed by atoms with Crippen LogP contribution >= 0.6 is 11.8 Å². The molecule has 4 nitrogen and oxygen atoms in total. The van der Waals surface area contributed by atoms with Crippen LogP contribution in [0.4, 0.5) is 5.82 Å². The van der Waals surface area contributed by atoms with Gasteiger partial charge in [-0.05, 0) is 25.5 Å². The fourth-order valence-corrected chi connectivity index (χ4v) is 2.59. The summed E-state index contributed by atoms with van der Waals surface area (Å²) >= 11 is 1.64. The van der Waals surface area contributed by atoms with E-state index in [1.54, 1.807) is 11.8 Å². The smallest absolute Gasteiger partial charge is 0.157 e. The lowest BCUT2D eigenvalue weighted by Crippen LogP contribution is -2.07. The summed E-state index contributed by atoms with van der Waals surface area (Å²) in [4.78, 5) is 10.2. The summed E-state index contributed by atoms with van der Waals surface area (Å²) in [6, 6.07) is 12.2. The van der Waals surface area contributed by atoms with E-state index in [0.29, 0.717) is 13.2 Å². The Morgan fingerprint density at radius 2 is 1.95 bits per heavy atom. The molecule has 0 fully saturated rings. The molecule has 1 N–H and O–H groups in total. The van der Waals surface area contributed by atoms with Crippen molar-refractivity contribution >= 4 is 17.6 Å². The summed E-state index contributed by atoms with van der Waals surface area (Å²) in [5.74, 6) is 1.58. The molecule has 112 valence electrons. The molecule has 0 saturated heterocycles. The van der Waals surface area contributed by atoms with Crippen LogP contribution < -0.4 is 5.32 Å². The number of aromatic nitrogens is 2. The van der Waals surface area contributed by atoms with Gasteiger partial charge in [0, 0.05) is 24.1 Å². The zero-order valence-corrected chi connectivity index (χ0v) is 13.3. The predicted octanol–water partition coefficient (Wildman–Crippen LogP) is 3.99. The zero-order chi connectivity index (χ0) is 14.9. The van der Waals surface area contributed by atoms with Crippen LogP contribution in [0.2, 0.25) is 0 Å². The third-order valence-electron chi connectivity index (χ3n) is 2.71. The maximum atomic E-state index is 5.42. The number of anilines is 1. The Morgan fingerprint density at radius 3 is 2.67 bits per heavy atom. The van der Waals surface area contributed by atoms with Crippen molar-refractivity contribution in [1.82, 2.24) is 9.97 Å². The molecule has 2 rings (SSSR count). The number of hydrogen-bond acceptors (Lipinski definition) is 5. The highest BCUT2D eigenvalue weighted by Crippen LogP contribution is 2.27. The summed E-state index contributed by atoms with van der Waals surface area (Å²) in [6.45, 7) is 6.12. The molecule has 0 saturated carbocycles. The van der Waals surface area contributed by atoms with Crippen molar-refractivity contribution in [2.75, 3.05) is 18.5 Å². The normalized spacial score (nSPS) is 10.6. The van der Waals surface area contributed by atoms with E-state index in [4.69, 9.17) is 4.74 Å². The van der Waals surface area contributed by atoms with E-state index < -0.39 is 0 Å². The van der Waals surface area contributed by atoms with E-state index in [-0.39, 0.29) is 0 Å². The zero-order valence-electron chi connectivity index (χ0n) is 12.5.